The normalized spacial score (nSPS) is 13.7. The molecule has 2 aliphatic rings. The van der Waals surface area contributed by atoms with Gasteiger partial charge in [0.1, 0.15) is 5.58 Å². The van der Waals surface area contributed by atoms with Crippen molar-refractivity contribution in [2.45, 2.75) is 99.3 Å². The molecule has 0 aliphatic carbocycles. The van der Waals surface area contributed by atoms with Gasteiger partial charge in [-0.1, -0.05) is 153 Å². The number of benzene rings is 7. The molecule has 7 aromatic carbocycles. The lowest BCUT2D eigenvalue weighted by Gasteiger charge is -2.44. The molecular formula is C61H59BN2OS. The first-order valence-corrected chi connectivity index (χ1v) is 24.4. The second-order valence-electron chi connectivity index (χ2n) is 22.1. The number of anilines is 6. The number of thiophene rings is 1. The smallest absolute Gasteiger partial charge is 0.254 e. The van der Waals surface area contributed by atoms with Gasteiger partial charge in [0.2, 0.25) is 0 Å². The zero-order valence-electron chi connectivity index (χ0n) is 40.6. The predicted molar refractivity (Wildman–Crippen MR) is 287 cm³/mol. The van der Waals surface area contributed by atoms with E-state index in [1.165, 1.54) is 104 Å². The Balaban J connectivity index is 1.28. The Morgan fingerprint density at radius 2 is 1.12 bits per heavy atom. The van der Waals surface area contributed by atoms with Crippen molar-refractivity contribution < 1.29 is 4.42 Å². The Kier molecular flexibility index (Phi) is 9.53. The average Bonchev–Trinajstić information content (AvgIpc) is 3.88. The van der Waals surface area contributed by atoms with Crippen LogP contribution >= 0.6 is 11.3 Å². The third-order valence-corrected chi connectivity index (χ3v) is 15.4. The molecule has 66 heavy (non-hydrogen) atoms. The Hall–Kier alpha value is -6.30. The molecule has 0 amide bonds. The first kappa shape index (κ1) is 42.3. The summed E-state index contributed by atoms with van der Waals surface area (Å²) in [4.78, 5) is 5.27. The molecule has 0 unspecified atom stereocenters. The Morgan fingerprint density at radius 3 is 1.82 bits per heavy atom. The number of fused-ring (bicyclic) bond motifs is 7. The molecule has 0 bridgehead atoms. The third-order valence-electron chi connectivity index (χ3n) is 14.3. The van der Waals surface area contributed by atoms with Crippen molar-refractivity contribution in [1.29, 1.82) is 0 Å². The summed E-state index contributed by atoms with van der Waals surface area (Å²) < 4.78 is 7.54. The zero-order chi connectivity index (χ0) is 46.2. The standard InChI is InChI=1S/C61H59BN2OS/c1-36-28-51-56-52(29-36)64(57-37(2)30-43(31-38(57)3)61(10,11)12)58-55(46-34-42(60(7,8)9)24-27-54(46)66-58)62(56)48-25-22-40(47-35-65-53-21-17-16-20-44(47)53)32-50(48)63(51)49-26-23-41(59(4,5)6)33-45(49)39-18-14-13-15-19-39/h13-35H,1-12H3. The largest absolute Gasteiger partial charge is 0.464 e. The summed E-state index contributed by atoms with van der Waals surface area (Å²) in [5.74, 6) is 0. The van der Waals surface area contributed by atoms with Crippen LogP contribution in [-0.2, 0) is 16.2 Å². The lowest BCUT2D eigenvalue weighted by atomic mass is 9.33. The Bertz CT molecular complexity index is 3400. The van der Waals surface area contributed by atoms with E-state index >= 15 is 0 Å². The first-order chi connectivity index (χ1) is 31.4. The maximum absolute atomic E-state index is 6.22. The van der Waals surface area contributed by atoms with E-state index in [1.807, 2.05) is 17.6 Å². The topological polar surface area (TPSA) is 19.6 Å². The molecule has 2 aliphatic heterocycles. The molecule has 0 spiro atoms. The number of hydrogen-bond acceptors (Lipinski definition) is 4. The Labute approximate surface area is 395 Å². The molecule has 0 saturated heterocycles. The highest BCUT2D eigenvalue weighted by molar-refractivity contribution is 7.26. The highest BCUT2D eigenvalue weighted by Gasteiger charge is 2.46. The number of aryl methyl sites for hydroxylation is 3. The van der Waals surface area contributed by atoms with Crippen molar-refractivity contribution in [3.05, 3.63) is 173 Å². The quantitative estimate of drug-likeness (QED) is 0.164. The fraction of sp³-hybridized carbons (Fsp3) is 0.246. The molecule has 9 aromatic rings. The summed E-state index contributed by atoms with van der Waals surface area (Å²) >= 11 is 1.95. The summed E-state index contributed by atoms with van der Waals surface area (Å²) in [6.45, 7) is 27.8. The van der Waals surface area contributed by atoms with Crippen LogP contribution in [0.2, 0.25) is 0 Å². The van der Waals surface area contributed by atoms with E-state index < -0.39 is 0 Å². The van der Waals surface area contributed by atoms with E-state index in [4.69, 9.17) is 4.42 Å². The van der Waals surface area contributed by atoms with Crippen LogP contribution in [0.1, 0.15) is 95.7 Å². The van der Waals surface area contributed by atoms with Crippen LogP contribution in [0.15, 0.2) is 144 Å². The minimum absolute atomic E-state index is 0.00982. The second-order valence-corrected chi connectivity index (χ2v) is 23.1. The molecule has 0 saturated carbocycles. The van der Waals surface area contributed by atoms with Gasteiger partial charge in [-0.2, -0.15) is 0 Å². The zero-order valence-corrected chi connectivity index (χ0v) is 41.4. The SMILES string of the molecule is Cc1cc2c3c(c1)N(c1c(C)cc(C(C)(C)C)cc1C)c1sc4ccc(C(C)(C)C)cc4c1B3c1ccc(-c3coc4ccccc34)cc1N2c1ccc(C(C)(C)C)cc1-c1ccccc1. The summed E-state index contributed by atoms with van der Waals surface area (Å²) in [6, 6.07) is 50.9. The van der Waals surface area contributed by atoms with Gasteiger partial charge in [-0.3, -0.25) is 0 Å². The first-order valence-electron chi connectivity index (χ1n) is 23.6. The second kappa shape index (κ2) is 14.9. The van der Waals surface area contributed by atoms with E-state index in [0.717, 1.165) is 22.1 Å². The number of para-hydroxylation sites is 1. The van der Waals surface area contributed by atoms with E-state index in [9.17, 15) is 0 Å². The molecule has 2 aromatic heterocycles. The number of rotatable bonds is 4. The van der Waals surface area contributed by atoms with Crippen molar-refractivity contribution in [2.75, 3.05) is 9.80 Å². The fourth-order valence-electron chi connectivity index (χ4n) is 10.8. The van der Waals surface area contributed by atoms with Crippen molar-refractivity contribution in [3.8, 4) is 22.3 Å². The third kappa shape index (κ3) is 6.68. The molecule has 5 heteroatoms. The molecule has 0 radical (unpaired) electrons. The number of hydrogen-bond donors (Lipinski definition) is 0. The number of nitrogens with zero attached hydrogens (tertiary/aromatic N) is 2. The minimum atomic E-state index is -0.0357. The van der Waals surface area contributed by atoms with Crippen LogP contribution in [0.25, 0.3) is 43.3 Å². The van der Waals surface area contributed by atoms with E-state index in [-0.39, 0.29) is 23.0 Å². The van der Waals surface area contributed by atoms with Gasteiger partial charge in [-0.15, -0.1) is 11.3 Å². The number of furan rings is 1. The maximum atomic E-state index is 6.22. The van der Waals surface area contributed by atoms with Crippen LogP contribution in [0.4, 0.5) is 33.4 Å². The van der Waals surface area contributed by atoms with Crippen LogP contribution < -0.4 is 26.2 Å². The van der Waals surface area contributed by atoms with E-state index in [0.29, 0.717) is 0 Å². The van der Waals surface area contributed by atoms with Crippen LogP contribution in [0.5, 0.6) is 0 Å². The maximum Gasteiger partial charge on any atom is 0.254 e. The van der Waals surface area contributed by atoms with Gasteiger partial charge in [0, 0.05) is 38.3 Å². The van der Waals surface area contributed by atoms with Gasteiger partial charge in [0.25, 0.3) is 6.71 Å². The predicted octanol–water partition coefficient (Wildman–Crippen LogP) is 15.9. The molecule has 0 fully saturated rings. The molecular weight excluding hydrogens is 820 g/mol. The van der Waals surface area contributed by atoms with Crippen molar-refractivity contribution in [3.63, 3.8) is 0 Å². The fourth-order valence-corrected chi connectivity index (χ4v) is 12.0. The van der Waals surface area contributed by atoms with Gasteiger partial charge in [0.15, 0.2) is 0 Å². The van der Waals surface area contributed by atoms with Gasteiger partial charge in [-0.05, 0) is 146 Å². The summed E-state index contributed by atoms with van der Waals surface area (Å²) in [5, 5.41) is 3.78. The minimum Gasteiger partial charge on any atom is -0.464 e. The molecule has 0 N–H and O–H groups in total. The van der Waals surface area contributed by atoms with Gasteiger partial charge >= 0.3 is 0 Å². The van der Waals surface area contributed by atoms with Crippen molar-refractivity contribution >= 4 is 88.9 Å². The lowest BCUT2D eigenvalue weighted by Crippen LogP contribution is -2.61. The van der Waals surface area contributed by atoms with E-state index in [2.05, 4.69) is 226 Å². The molecule has 11 rings (SSSR count). The lowest BCUT2D eigenvalue weighted by molar-refractivity contribution is 0.589. The molecule has 3 nitrogen and oxygen atoms in total. The van der Waals surface area contributed by atoms with Crippen LogP contribution in [0, 0.1) is 20.8 Å². The van der Waals surface area contributed by atoms with Crippen molar-refractivity contribution in [2.24, 2.45) is 0 Å². The monoisotopic (exact) mass is 878 g/mol. The van der Waals surface area contributed by atoms with Gasteiger partial charge in [-0.25, -0.2) is 0 Å². The summed E-state index contributed by atoms with van der Waals surface area (Å²) in [5.41, 5.74) is 23.5. The summed E-state index contributed by atoms with van der Waals surface area (Å²) in [6.07, 6.45) is 1.94. The molecule has 0 atom stereocenters. The average molecular weight is 879 g/mol. The highest BCUT2D eigenvalue weighted by atomic mass is 32.1. The molecule has 328 valence electrons. The van der Waals surface area contributed by atoms with Crippen LogP contribution in [-0.4, -0.2) is 6.71 Å². The summed E-state index contributed by atoms with van der Waals surface area (Å²) in [7, 11) is 0. The van der Waals surface area contributed by atoms with Crippen LogP contribution in [0.3, 0.4) is 0 Å². The van der Waals surface area contributed by atoms with Gasteiger partial charge < -0.3 is 14.2 Å². The highest BCUT2D eigenvalue weighted by Crippen LogP contribution is 2.52. The Morgan fingerprint density at radius 1 is 0.485 bits per heavy atom. The van der Waals surface area contributed by atoms with Crippen molar-refractivity contribution in [1.82, 2.24) is 0 Å². The van der Waals surface area contributed by atoms with Gasteiger partial charge in [0.05, 0.1) is 22.6 Å². The molecule has 4 heterocycles. The van der Waals surface area contributed by atoms with E-state index in [1.54, 1.807) is 0 Å².